The van der Waals surface area contributed by atoms with Gasteiger partial charge in [-0.05, 0) is 55.0 Å². The number of aliphatic hydroxyl groups excluding tert-OH is 1. The number of piperazine rings is 1. The van der Waals surface area contributed by atoms with Crippen LogP contribution in [0.3, 0.4) is 0 Å². The summed E-state index contributed by atoms with van der Waals surface area (Å²) < 4.78 is 28.8. The molecular weight excluding hydrogens is 1030 g/mol. The second-order valence-electron chi connectivity index (χ2n) is 19.9. The molecule has 3 amide bonds. The zero-order valence-corrected chi connectivity index (χ0v) is 46.4. The summed E-state index contributed by atoms with van der Waals surface area (Å²) in [5.41, 5.74) is 6.25. The van der Waals surface area contributed by atoms with Crippen LogP contribution < -0.4 is 30.2 Å². The van der Waals surface area contributed by atoms with Crippen LogP contribution in [0.25, 0.3) is 21.3 Å². The minimum Gasteiger partial charge on any atom is -0.495 e. The number of aliphatic hydroxyl groups is 1. The first-order chi connectivity index (χ1) is 36.6. The van der Waals surface area contributed by atoms with Gasteiger partial charge in [0.1, 0.15) is 17.9 Å². The number of methoxy groups -OCH3 is 2. The molecule has 0 bridgehead atoms. The Balaban J connectivity index is 0.750. The number of pyridine rings is 1. The van der Waals surface area contributed by atoms with E-state index >= 15 is 0 Å². The van der Waals surface area contributed by atoms with Crippen molar-refractivity contribution in [2.24, 2.45) is 5.41 Å². The van der Waals surface area contributed by atoms with Gasteiger partial charge in [0.2, 0.25) is 17.7 Å². The second kappa shape index (κ2) is 27.5. The Hall–Kier alpha value is -5.82. The Labute approximate surface area is 458 Å². The lowest BCUT2D eigenvalue weighted by molar-refractivity contribution is -0.142. The lowest BCUT2D eigenvalue weighted by Crippen LogP contribution is -2.56. The van der Waals surface area contributed by atoms with Crippen LogP contribution in [0, 0.1) is 23.7 Å². The number of halogens is 2. The van der Waals surface area contributed by atoms with E-state index in [9.17, 15) is 24.8 Å². The summed E-state index contributed by atoms with van der Waals surface area (Å²) in [6.45, 7) is 14.3. The van der Waals surface area contributed by atoms with E-state index in [2.05, 4.69) is 36.9 Å². The largest absolute Gasteiger partial charge is 0.495 e. The number of anilines is 2. The molecule has 2 aliphatic rings. The van der Waals surface area contributed by atoms with Crippen molar-refractivity contribution in [1.29, 1.82) is 5.26 Å². The van der Waals surface area contributed by atoms with Gasteiger partial charge in [0.05, 0.1) is 108 Å². The van der Waals surface area contributed by atoms with Gasteiger partial charge in [0.15, 0.2) is 11.5 Å². The van der Waals surface area contributed by atoms with Crippen molar-refractivity contribution in [1.82, 2.24) is 35.3 Å². The highest BCUT2D eigenvalue weighted by Gasteiger charge is 2.43. The minimum absolute atomic E-state index is 0.0609. The third-order valence-electron chi connectivity index (χ3n) is 13.4. The van der Waals surface area contributed by atoms with Crippen LogP contribution in [0.1, 0.15) is 63.3 Å². The van der Waals surface area contributed by atoms with Crippen molar-refractivity contribution >= 4 is 74.5 Å². The Morgan fingerprint density at radius 1 is 0.908 bits per heavy atom. The van der Waals surface area contributed by atoms with Crippen LogP contribution in [0.4, 0.5) is 11.4 Å². The van der Waals surface area contributed by atoms with E-state index in [0.29, 0.717) is 127 Å². The van der Waals surface area contributed by atoms with E-state index < -0.39 is 23.6 Å². The molecule has 76 heavy (non-hydrogen) atoms. The zero-order valence-electron chi connectivity index (χ0n) is 44.1. The molecule has 0 aliphatic carbocycles. The van der Waals surface area contributed by atoms with E-state index in [-0.39, 0.29) is 30.7 Å². The molecule has 2 fully saturated rings. The first-order valence-electron chi connectivity index (χ1n) is 25.6. The number of thiazole rings is 1. The molecule has 2 aromatic heterocycles. The summed E-state index contributed by atoms with van der Waals surface area (Å²) in [5, 5.41) is 31.5. The number of likely N-dealkylation sites (tertiary alicyclic amines) is 1. The van der Waals surface area contributed by atoms with Crippen LogP contribution in [-0.2, 0) is 30.4 Å². The number of ether oxygens (including phenoxy) is 5. The predicted octanol–water partition coefficient (Wildman–Crippen LogP) is 7.62. The average molecular weight is 1100 g/mol. The number of nitrogens with one attached hydrogen (secondary N) is 3. The lowest BCUT2D eigenvalue weighted by Gasteiger charge is -2.35. The number of hydrogen-bond donors (Lipinski definition) is 4. The Kier molecular flexibility index (Phi) is 20.9. The second-order valence-corrected chi connectivity index (χ2v) is 21.5. The predicted molar refractivity (Wildman–Crippen MR) is 295 cm³/mol. The number of carbonyl (C=O) groups excluding carboxylic acids is 3. The van der Waals surface area contributed by atoms with E-state index in [1.54, 1.807) is 42.7 Å². The highest BCUT2D eigenvalue weighted by atomic mass is 35.5. The third kappa shape index (κ3) is 15.2. The monoisotopic (exact) mass is 1100 g/mol. The normalized spacial score (nSPS) is 16.4. The molecule has 3 atom stereocenters. The van der Waals surface area contributed by atoms with Crippen LogP contribution in [-0.4, -0.2) is 159 Å². The standard InChI is InChI=1S/C55H69Cl2N9O9S/c1-35-51(76-34-62-35)37-11-9-36(10-12-37)31-61-53(69)45-25-39(67)33-66(45)54(70)52(55(2,3)4)59-14-7-20-73-23-24-74-22-13-49(68)65-18-16-64(17-19-65)15-8-21-75-48-28-43-40(26-47(48)72-6)50(38(30-58)32-60-43)63-44-29-46(71-5)42(57)27-41(44)56/h9-12,26-29,32,34,39,45,52,59,67H,7-8,13-25,31,33H2,1-6H3,(H,60,63)(H,61,69)/t39?,45?,52-/m1/s1. The molecule has 0 spiro atoms. The number of benzene rings is 3. The highest BCUT2D eigenvalue weighted by Crippen LogP contribution is 2.41. The molecular formula is C55H69Cl2N9O9S. The number of fused-ring (bicyclic) bond motifs is 1. The van der Waals surface area contributed by atoms with Gasteiger partial charge in [-0.25, -0.2) is 4.98 Å². The van der Waals surface area contributed by atoms with Gasteiger partial charge in [-0.15, -0.1) is 11.3 Å². The number of hydrogen-bond acceptors (Lipinski definition) is 16. The maximum atomic E-state index is 14.0. The van der Waals surface area contributed by atoms with E-state index in [1.165, 1.54) is 18.2 Å². The first-order valence-corrected chi connectivity index (χ1v) is 27.2. The van der Waals surface area contributed by atoms with Gasteiger partial charge in [-0.3, -0.25) is 24.3 Å². The number of nitriles is 1. The average Bonchev–Trinajstić information content (AvgIpc) is 4.04. The first kappa shape index (κ1) is 57.9. The van der Waals surface area contributed by atoms with Crippen molar-refractivity contribution in [2.45, 2.75) is 78.1 Å². The van der Waals surface area contributed by atoms with Crippen LogP contribution >= 0.6 is 34.5 Å². The highest BCUT2D eigenvalue weighted by molar-refractivity contribution is 7.13. The molecule has 3 aromatic carbocycles. The molecule has 0 radical (unpaired) electrons. The summed E-state index contributed by atoms with van der Waals surface area (Å²) in [7, 11) is 3.07. The molecule has 5 aromatic rings. The van der Waals surface area contributed by atoms with Gasteiger partial charge in [-0.2, -0.15) is 5.26 Å². The number of nitrogens with zero attached hydrogens (tertiary/aromatic N) is 6. The zero-order chi connectivity index (χ0) is 54.4. The molecule has 2 aliphatic heterocycles. The van der Waals surface area contributed by atoms with Crippen LogP contribution in [0.15, 0.2) is 60.2 Å². The molecule has 0 saturated carbocycles. The Morgan fingerprint density at radius 2 is 1.64 bits per heavy atom. The van der Waals surface area contributed by atoms with E-state index in [0.717, 1.165) is 47.8 Å². The lowest BCUT2D eigenvalue weighted by atomic mass is 9.85. The molecule has 18 nitrogen and oxygen atoms in total. The molecule has 2 unspecified atom stereocenters. The van der Waals surface area contributed by atoms with Gasteiger partial charge in [-0.1, -0.05) is 68.2 Å². The molecule has 21 heteroatoms. The van der Waals surface area contributed by atoms with Crippen LogP contribution in [0.2, 0.25) is 10.0 Å². The maximum absolute atomic E-state index is 14.0. The summed E-state index contributed by atoms with van der Waals surface area (Å²) >= 11 is 14.3. The summed E-state index contributed by atoms with van der Waals surface area (Å²) in [4.78, 5) is 56.1. The molecule has 408 valence electrons. The van der Waals surface area contributed by atoms with Gasteiger partial charge >= 0.3 is 0 Å². The number of carbonyl (C=O) groups is 3. The van der Waals surface area contributed by atoms with Crippen molar-refractivity contribution in [3.63, 3.8) is 0 Å². The number of aromatic nitrogens is 2. The third-order valence-corrected chi connectivity index (χ3v) is 15.0. The minimum atomic E-state index is -0.788. The van der Waals surface area contributed by atoms with E-state index in [1.807, 2.05) is 62.4 Å². The fourth-order valence-corrected chi connectivity index (χ4v) is 10.6. The number of amides is 3. The summed E-state index contributed by atoms with van der Waals surface area (Å²) in [5.74, 6) is 0.993. The Bertz CT molecular complexity index is 2820. The van der Waals surface area contributed by atoms with Gasteiger partial charge in [0.25, 0.3) is 0 Å². The number of rotatable bonds is 25. The topological polar surface area (TPSA) is 213 Å². The quantitative estimate of drug-likeness (QED) is 0.0414. The van der Waals surface area contributed by atoms with Gasteiger partial charge < -0.3 is 54.5 Å². The van der Waals surface area contributed by atoms with Crippen molar-refractivity contribution in [3.8, 4) is 33.8 Å². The Morgan fingerprint density at radius 3 is 2.33 bits per heavy atom. The molecule has 7 rings (SSSR count). The van der Waals surface area contributed by atoms with E-state index in [4.69, 9.17) is 46.9 Å². The van der Waals surface area contributed by atoms with Gasteiger partial charge in [0, 0.05) is 82.6 Å². The SMILES string of the molecule is COc1cc(Nc2c(C#N)cnc3cc(OCCCN4CCN(C(=O)CCOCCOCCCN[C@H](C(=O)N5CC(O)CC5C(=O)NCc5ccc(-c6scnc6C)cc5)C(C)(C)C)CC4)c(OC)cc23)c(Cl)cc1Cl. The number of aryl methyl sites for hydroxylation is 1. The molecule has 4 N–H and O–H groups in total. The molecule has 4 heterocycles. The fourth-order valence-electron chi connectivity index (χ4n) is 9.25. The molecule has 2 saturated heterocycles. The van der Waals surface area contributed by atoms with Crippen molar-refractivity contribution in [3.05, 3.63) is 87.1 Å². The van der Waals surface area contributed by atoms with Crippen molar-refractivity contribution < 1.29 is 43.2 Å². The fraction of sp³-hybridized carbons (Fsp3) is 0.491. The summed E-state index contributed by atoms with van der Waals surface area (Å²) in [6, 6.07) is 15.6. The smallest absolute Gasteiger partial charge is 0.243 e. The van der Waals surface area contributed by atoms with Crippen LogP contribution in [0.5, 0.6) is 17.2 Å². The number of β-amino-alcohol motifs (C(OH)–C–C–N with tert-alkyl or cyclic N) is 1. The maximum Gasteiger partial charge on any atom is 0.243 e. The summed E-state index contributed by atoms with van der Waals surface area (Å²) in [6.07, 6.45) is 2.58. The van der Waals surface area contributed by atoms with Crippen molar-refractivity contribution in [2.75, 3.05) is 98.4 Å².